The van der Waals surface area contributed by atoms with Crippen molar-refractivity contribution >= 4 is 16.7 Å². The predicted octanol–water partition coefficient (Wildman–Crippen LogP) is 1.99. The van der Waals surface area contributed by atoms with Gasteiger partial charge in [0.2, 0.25) is 5.91 Å². The Morgan fingerprint density at radius 3 is 2.73 bits per heavy atom. The van der Waals surface area contributed by atoms with Crippen molar-refractivity contribution in [1.29, 1.82) is 0 Å². The molecule has 4 nitrogen and oxygen atoms in total. The van der Waals surface area contributed by atoms with Gasteiger partial charge in [-0.2, -0.15) is 0 Å². The molecule has 1 amide bonds. The molecule has 2 aromatic rings. The van der Waals surface area contributed by atoms with Crippen molar-refractivity contribution in [2.75, 3.05) is 19.8 Å². The number of ether oxygens (including phenoxy) is 1. The average molecular weight is 299 g/mol. The standard InChI is InChI=1S/C18H21NO3/c1-2-19(16-11-22-12-17(16)20)18(21)10-14-8-5-7-13-6-3-4-9-15(13)14/h3-9,16-17,20H,2,10-12H2,1H3/t16-,17-/m0/s1. The second-order valence-electron chi connectivity index (χ2n) is 5.67. The lowest BCUT2D eigenvalue weighted by molar-refractivity contribution is -0.134. The zero-order valence-electron chi connectivity index (χ0n) is 12.7. The van der Waals surface area contributed by atoms with Crippen LogP contribution in [0.15, 0.2) is 42.5 Å². The van der Waals surface area contributed by atoms with E-state index in [1.807, 2.05) is 37.3 Å². The van der Waals surface area contributed by atoms with Crippen LogP contribution in [0, 0.1) is 0 Å². The summed E-state index contributed by atoms with van der Waals surface area (Å²) < 4.78 is 5.28. The third-order valence-electron chi connectivity index (χ3n) is 4.30. The van der Waals surface area contributed by atoms with E-state index in [-0.39, 0.29) is 11.9 Å². The Kier molecular flexibility index (Phi) is 4.41. The van der Waals surface area contributed by atoms with Gasteiger partial charge in [0.05, 0.1) is 31.8 Å². The quantitative estimate of drug-likeness (QED) is 0.939. The van der Waals surface area contributed by atoms with Crippen molar-refractivity contribution in [1.82, 2.24) is 4.90 Å². The first-order chi connectivity index (χ1) is 10.7. The van der Waals surface area contributed by atoms with Crippen molar-refractivity contribution in [3.05, 3.63) is 48.0 Å². The van der Waals surface area contributed by atoms with Crippen LogP contribution < -0.4 is 0 Å². The number of hydrogen-bond acceptors (Lipinski definition) is 3. The molecule has 1 fully saturated rings. The van der Waals surface area contributed by atoms with Crippen molar-refractivity contribution < 1.29 is 14.6 Å². The monoisotopic (exact) mass is 299 g/mol. The van der Waals surface area contributed by atoms with Crippen molar-refractivity contribution in [2.24, 2.45) is 0 Å². The molecule has 0 aliphatic carbocycles. The van der Waals surface area contributed by atoms with Crippen molar-refractivity contribution in [2.45, 2.75) is 25.5 Å². The smallest absolute Gasteiger partial charge is 0.227 e. The maximum Gasteiger partial charge on any atom is 0.227 e. The molecule has 22 heavy (non-hydrogen) atoms. The van der Waals surface area contributed by atoms with E-state index in [1.165, 1.54) is 0 Å². The number of amides is 1. The third-order valence-corrected chi connectivity index (χ3v) is 4.30. The minimum Gasteiger partial charge on any atom is -0.388 e. The molecule has 0 bridgehead atoms. The number of rotatable bonds is 4. The van der Waals surface area contributed by atoms with Crippen molar-refractivity contribution in [3.63, 3.8) is 0 Å². The summed E-state index contributed by atoms with van der Waals surface area (Å²) in [5.74, 6) is 0.0356. The molecule has 0 saturated carbocycles. The number of carbonyl (C=O) groups is 1. The molecule has 2 aromatic carbocycles. The summed E-state index contributed by atoms with van der Waals surface area (Å²) in [6.07, 6.45) is -0.241. The SMILES string of the molecule is CCN(C(=O)Cc1cccc2ccccc12)[C@H]1COC[C@@H]1O. The van der Waals surface area contributed by atoms with E-state index in [9.17, 15) is 9.90 Å². The summed E-state index contributed by atoms with van der Waals surface area (Å²) in [4.78, 5) is 14.4. The summed E-state index contributed by atoms with van der Waals surface area (Å²) in [5, 5.41) is 12.2. The Morgan fingerprint density at radius 1 is 1.23 bits per heavy atom. The topological polar surface area (TPSA) is 49.8 Å². The zero-order chi connectivity index (χ0) is 15.5. The minimum absolute atomic E-state index is 0.0356. The van der Waals surface area contributed by atoms with Crippen LogP contribution in [0.2, 0.25) is 0 Å². The lowest BCUT2D eigenvalue weighted by atomic mass is 10.0. The molecule has 0 radical (unpaired) electrons. The number of nitrogens with zero attached hydrogens (tertiary/aromatic N) is 1. The van der Waals surface area contributed by atoms with E-state index in [4.69, 9.17) is 4.74 Å². The Hall–Kier alpha value is -1.91. The number of benzene rings is 2. The summed E-state index contributed by atoms with van der Waals surface area (Å²) in [5.41, 5.74) is 1.02. The van der Waals surface area contributed by atoms with E-state index in [0.717, 1.165) is 16.3 Å². The van der Waals surface area contributed by atoms with Gasteiger partial charge in [-0.1, -0.05) is 42.5 Å². The lowest BCUT2D eigenvalue weighted by Gasteiger charge is -2.29. The summed E-state index contributed by atoms with van der Waals surface area (Å²) in [7, 11) is 0. The van der Waals surface area contributed by atoms with Gasteiger partial charge in [-0.25, -0.2) is 0 Å². The van der Waals surface area contributed by atoms with E-state index in [1.54, 1.807) is 4.90 Å². The predicted molar refractivity (Wildman–Crippen MR) is 85.7 cm³/mol. The first-order valence-electron chi connectivity index (χ1n) is 7.72. The molecule has 1 aliphatic rings. The van der Waals surface area contributed by atoms with Gasteiger partial charge in [-0.05, 0) is 23.3 Å². The van der Waals surface area contributed by atoms with Gasteiger partial charge in [0, 0.05) is 6.54 Å². The molecule has 1 saturated heterocycles. The fourth-order valence-corrected chi connectivity index (χ4v) is 3.14. The molecule has 0 unspecified atom stereocenters. The summed E-state index contributed by atoms with van der Waals surface area (Å²) in [6, 6.07) is 13.9. The Balaban J connectivity index is 1.83. The zero-order valence-corrected chi connectivity index (χ0v) is 12.7. The van der Waals surface area contributed by atoms with Crippen LogP contribution >= 0.6 is 0 Å². The minimum atomic E-state index is -0.587. The number of aliphatic hydroxyl groups excluding tert-OH is 1. The van der Waals surface area contributed by atoms with Gasteiger partial charge in [-0.3, -0.25) is 4.79 Å². The van der Waals surface area contributed by atoms with E-state index in [0.29, 0.717) is 26.2 Å². The van der Waals surface area contributed by atoms with E-state index in [2.05, 4.69) is 12.1 Å². The Labute approximate surface area is 130 Å². The Morgan fingerprint density at radius 2 is 2.00 bits per heavy atom. The number of carbonyl (C=O) groups excluding carboxylic acids is 1. The van der Waals surface area contributed by atoms with Crippen LogP contribution in [-0.2, 0) is 16.0 Å². The van der Waals surface area contributed by atoms with Gasteiger partial charge in [0.1, 0.15) is 0 Å². The third kappa shape index (κ3) is 2.85. The highest BCUT2D eigenvalue weighted by Gasteiger charge is 2.33. The molecule has 4 heteroatoms. The molecular formula is C18H21NO3. The molecular weight excluding hydrogens is 278 g/mol. The number of aliphatic hydroxyl groups is 1. The normalized spacial score (nSPS) is 21.2. The maximum atomic E-state index is 12.7. The highest BCUT2D eigenvalue weighted by molar-refractivity contribution is 5.90. The van der Waals surface area contributed by atoms with Gasteiger partial charge >= 0.3 is 0 Å². The highest BCUT2D eigenvalue weighted by Crippen LogP contribution is 2.21. The van der Waals surface area contributed by atoms with Gasteiger partial charge in [0.15, 0.2) is 0 Å². The van der Waals surface area contributed by atoms with Gasteiger partial charge in [0.25, 0.3) is 0 Å². The number of fused-ring (bicyclic) bond motifs is 1. The van der Waals surface area contributed by atoms with Crippen LogP contribution in [0.3, 0.4) is 0 Å². The second-order valence-corrected chi connectivity index (χ2v) is 5.67. The molecule has 1 heterocycles. The van der Waals surface area contributed by atoms with Crippen LogP contribution in [-0.4, -0.2) is 47.8 Å². The average Bonchev–Trinajstić information content (AvgIpc) is 2.95. The summed E-state index contributed by atoms with van der Waals surface area (Å²) >= 11 is 0. The van der Waals surface area contributed by atoms with Crippen LogP contribution in [0.1, 0.15) is 12.5 Å². The number of likely N-dealkylation sites (N-methyl/N-ethyl adjacent to an activating group) is 1. The van der Waals surface area contributed by atoms with Gasteiger partial charge < -0.3 is 14.7 Å². The lowest BCUT2D eigenvalue weighted by Crippen LogP contribution is -2.47. The van der Waals surface area contributed by atoms with Crippen molar-refractivity contribution in [3.8, 4) is 0 Å². The first kappa shape index (κ1) is 15.0. The van der Waals surface area contributed by atoms with E-state index < -0.39 is 6.10 Å². The largest absolute Gasteiger partial charge is 0.388 e. The molecule has 0 spiro atoms. The molecule has 1 N–H and O–H groups in total. The highest BCUT2D eigenvalue weighted by atomic mass is 16.5. The fourth-order valence-electron chi connectivity index (χ4n) is 3.14. The summed E-state index contributed by atoms with van der Waals surface area (Å²) in [6.45, 7) is 3.24. The van der Waals surface area contributed by atoms with Crippen LogP contribution in [0.25, 0.3) is 10.8 Å². The number of hydrogen-bond donors (Lipinski definition) is 1. The Bertz CT molecular complexity index is 665. The second kappa shape index (κ2) is 6.46. The van der Waals surface area contributed by atoms with Crippen LogP contribution in [0.4, 0.5) is 0 Å². The molecule has 2 atom stereocenters. The molecule has 3 rings (SSSR count). The molecule has 0 aromatic heterocycles. The molecule has 116 valence electrons. The maximum absolute atomic E-state index is 12.7. The fraction of sp³-hybridized carbons (Fsp3) is 0.389. The first-order valence-corrected chi connectivity index (χ1v) is 7.72. The molecule has 1 aliphatic heterocycles. The van der Waals surface area contributed by atoms with E-state index >= 15 is 0 Å². The van der Waals surface area contributed by atoms with Gasteiger partial charge in [-0.15, -0.1) is 0 Å². The van der Waals surface area contributed by atoms with Crippen LogP contribution in [0.5, 0.6) is 0 Å².